The smallest absolute Gasteiger partial charge is 0.0276 e. The molecule has 0 aromatic heterocycles. The average Bonchev–Trinajstić information content (AvgIpc) is 2.15. The first-order valence-electron chi connectivity index (χ1n) is 6.23. The molecule has 1 saturated carbocycles. The van der Waals surface area contributed by atoms with Crippen LogP contribution < -0.4 is 5.73 Å². The quantitative estimate of drug-likeness (QED) is 0.689. The Morgan fingerprint density at radius 2 is 1.67 bits per heavy atom. The minimum atomic E-state index is 0.228. The molecule has 1 unspecified atom stereocenters. The van der Waals surface area contributed by atoms with Gasteiger partial charge in [-0.25, -0.2) is 0 Å². The van der Waals surface area contributed by atoms with Crippen LogP contribution in [0.4, 0.5) is 0 Å². The Bertz CT molecular complexity index is 216. The molecule has 0 saturated heterocycles. The summed E-state index contributed by atoms with van der Waals surface area (Å²) in [6.07, 6.45) is 5.26. The zero-order valence-corrected chi connectivity index (χ0v) is 10.8. The molecule has 1 atom stereocenters. The average molecular weight is 209 g/mol. The van der Waals surface area contributed by atoms with E-state index >= 15 is 0 Å². The maximum absolute atomic E-state index is 6.15. The van der Waals surface area contributed by atoms with Crippen molar-refractivity contribution >= 4 is 0 Å². The van der Waals surface area contributed by atoms with E-state index in [2.05, 4.69) is 34.3 Å². The largest absolute Gasteiger partial charge is 0.324 e. The van der Waals surface area contributed by atoms with Crippen LogP contribution in [0.5, 0.6) is 0 Å². The van der Waals surface area contributed by atoms with Gasteiger partial charge in [0.2, 0.25) is 0 Å². The highest BCUT2D eigenvalue weighted by Crippen LogP contribution is 2.40. The number of nitrogens with two attached hydrogens (primary N) is 1. The van der Waals surface area contributed by atoms with Crippen molar-refractivity contribution in [1.82, 2.24) is 0 Å². The lowest BCUT2D eigenvalue weighted by Crippen LogP contribution is -2.36. The molecule has 0 heterocycles. The highest BCUT2D eigenvalue weighted by molar-refractivity contribution is 5.03. The molecule has 1 fully saturated rings. The summed E-state index contributed by atoms with van der Waals surface area (Å²) >= 11 is 0. The van der Waals surface area contributed by atoms with Gasteiger partial charge in [-0.1, -0.05) is 32.9 Å². The van der Waals surface area contributed by atoms with Crippen molar-refractivity contribution in [2.75, 3.05) is 0 Å². The summed E-state index contributed by atoms with van der Waals surface area (Å²) in [6.45, 7) is 13.1. The van der Waals surface area contributed by atoms with Crippen molar-refractivity contribution in [1.29, 1.82) is 0 Å². The van der Waals surface area contributed by atoms with Crippen LogP contribution in [0.15, 0.2) is 12.2 Å². The first kappa shape index (κ1) is 12.8. The molecule has 1 rings (SSSR count). The molecular formula is C14H27N. The standard InChI is InChI=1S/C14H27N/c1-10(2)13(15)11-6-8-12(9-7-11)14(3,4)5/h11-13H,1,6-9,15H2,2-5H3. The Hall–Kier alpha value is -0.300. The third kappa shape index (κ3) is 3.34. The van der Waals surface area contributed by atoms with E-state index in [-0.39, 0.29) is 6.04 Å². The number of rotatable bonds is 2. The molecule has 0 radical (unpaired) electrons. The maximum Gasteiger partial charge on any atom is 0.0276 e. The minimum absolute atomic E-state index is 0.228. The molecule has 0 aliphatic heterocycles. The van der Waals surface area contributed by atoms with E-state index < -0.39 is 0 Å². The molecule has 0 aromatic carbocycles. The van der Waals surface area contributed by atoms with Gasteiger partial charge >= 0.3 is 0 Å². The van der Waals surface area contributed by atoms with Crippen LogP contribution in [0.3, 0.4) is 0 Å². The Balaban J connectivity index is 2.46. The third-order valence-corrected chi connectivity index (χ3v) is 4.07. The zero-order chi connectivity index (χ0) is 11.6. The first-order chi connectivity index (χ1) is 6.82. The summed E-state index contributed by atoms with van der Waals surface area (Å²) in [5.74, 6) is 1.56. The van der Waals surface area contributed by atoms with E-state index in [0.717, 1.165) is 11.5 Å². The maximum atomic E-state index is 6.15. The molecule has 0 spiro atoms. The summed E-state index contributed by atoms with van der Waals surface area (Å²) in [5.41, 5.74) is 7.76. The lowest BCUT2D eigenvalue weighted by molar-refractivity contribution is 0.144. The SMILES string of the molecule is C=C(C)C(N)C1CCC(C(C)(C)C)CC1. The Morgan fingerprint density at radius 1 is 1.20 bits per heavy atom. The van der Waals surface area contributed by atoms with Crippen molar-refractivity contribution in [3.05, 3.63) is 12.2 Å². The van der Waals surface area contributed by atoms with E-state index in [1.165, 1.54) is 25.7 Å². The van der Waals surface area contributed by atoms with E-state index in [9.17, 15) is 0 Å². The van der Waals surface area contributed by atoms with Gasteiger partial charge in [0.25, 0.3) is 0 Å². The predicted octanol–water partition coefficient (Wildman–Crippen LogP) is 3.74. The zero-order valence-electron chi connectivity index (χ0n) is 10.8. The number of hydrogen-bond acceptors (Lipinski definition) is 1. The van der Waals surface area contributed by atoms with Crippen LogP contribution in [-0.4, -0.2) is 6.04 Å². The minimum Gasteiger partial charge on any atom is -0.324 e. The predicted molar refractivity (Wildman–Crippen MR) is 67.7 cm³/mol. The third-order valence-electron chi connectivity index (χ3n) is 4.07. The molecule has 1 aliphatic carbocycles. The van der Waals surface area contributed by atoms with Gasteiger partial charge in [0.15, 0.2) is 0 Å². The van der Waals surface area contributed by atoms with Gasteiger partial charge in [0, 0.05) is 6.04 Å². The van der Waals surface area contributed by atoms with E-state index in [0.29, 0.717) is 11.3 Å². The van der Waals surface area contributed by atoms with Crippen molar-refractivity contribution in [2.45, 2.75) is 59.4 Å². The summed E-state index contributed by atoms with van der Waals surface area (Å²) in [6, 6.07) is 0.228. The van der Waals surface area contributed by atoms with Crippen molar-refractivity contribution < 1.29 is 0 Å². The van der Waals surface area contributed by atoms with Crippen LogP contribution in [0, 0.1) is 17.3 Å². The lowest BCUT2D eigenvalue weighted by atomic mass is 9.68. The molecule has 1 nitrogen and oxygen atoms in total. The van der Waals surface area contributed by atoms with E-state index in [4.69, 9.17) is 5.73 Å². The number of hydrogen-bond donors (Lipinski definition) is 1. The van der Waals surface area contributed by atoms with Crippen molar-refractivity contribution in [2.24, 2.45) is 23.0 Å². The second-order valence-corrected chi connectivity index (χ2v) is 6.35. The molecule has 88 valence electrons. The van der Waals surface area contributed by atoms with Gasteiger partial charge < -0.3 is 5.73 Å². The van der Waals surface area contributed by atoms with Gasteiger partial charge in [0.05, 0.1) is 0 Å². The normalized spacial score (nSPS) is 29.9. The van der Waals surface area contributed by atoms with Crippen LogP contribution >= 0.6 is 0 Å². The van der Waals surface area contributed by atoms with Gasteiger partial charge in [-0.05, 0) is 49.9 Å². The summed E-state index contributed by atoms with van der Waals surface area (Å²) < 4.78 is 0. The first-order valence-corrected chi connectivity index (χ1v) is 6.23. The second kappa shape index (κ2) is 4.69. The van der Waals surface area contributed by atoms with Crippen molar-refractivity contribution in [3.63, 3.8) is 0 Å². The summed E-state index contributed by atoms with van der Waals surface area (Å²) in [5, 5.41) is 0. The van der Waals surface area contributed by atoms with Crippen LogP contribution in [0.1, 0.15) is 53.4 Å². The van der Waals surface area contributed by atoms with Crippen LogP contribution in [-0.2, 0) is 0 Å². The highest BCUT2D eigenvalue weighted by Gasteiger charge is 2.31. The van der Waals surface area contributed by atoms with Crippen LogP contribution in [0.25, 0.3) is 0 Å². The van der Waals surface area contributed by atoms with Gasteiger partial charge in [0.1, 0.15) is 0 Å². The van der Waals surface area contributed by atoms with Gasteiger partial charge in [-0.2, -0.15) is 0 Å². The topological polar surface area (TPSA) is 26.0 Å². The fourth-order valence-electron chi connectivity index (χ4n) is 2.75. The van der Waals surface area contributed by atoms with E-state index in [1.54, 1.807) is 0 Å². The fourth-order valence-corrected chi connectivity index (χ4v) is 2.75. The molecule has 1 aliphatic rings. The van der Waals surface area contributed by atoms with E-state index in [1.807, 2.05) is 0 Å². The summed E-state index contributed by atoms with van der Waals surface area (Å²) in [7, 11) is 0. The van der Waals surface area contributed by atoms with Crippen LogP contribution in [0.2, 0.25) is 0 Å². The second-order valence-electron chi connectivity index (χ2n) is 6.35. The van der Waals surface area contributed by atoms with Gasteiger partial charge in [-0.15, -0.1) is 0 Å². The molecule has 1 heteroatoms. The summed E-state index contributed by atoms with van der Waals surface area (Å²) in [4.78, 5) is 0. The molecule has 0 aromatic rings. The van der Waals surface area contributed by atoms with Crippen molar-refractivity contribution in [3.8, 4) is 0 Å². The van der Waals surface area contributed by atoms with Gasteiger partial charge in [-0.3, -0.25) is 0 Å². The molecule has 15 heavy (non-hydrogen) atoms. The Kier molecular flexibility index (Phi) is 3.99. The Labute approximate surface area is 95.1 Å². The highest BCUT2D eigenvalue weighted by atomic mass is 14.7. The monoisotopic (exact) mass is 209 g/mol. The molecular weight excluding hydrogens is 182 g/mol. The fraction of sp³-hybridized carbons (Fsp3) is 0.857. The molecule has 0 amide bonds. The lowest BCUT2D eigenvalue weighted by Gasteiger charge is -2.38. The molecule has 0 bridgehead atoms. The Morgan fingerprint density at radius 3 is 2.00 bits per heavy atom. The molecule has 2 N–H and O–H groups in total.